The minimum atomic E-state index is -0.712. The van der Waals surface area contributed by atoms with Gasteiger partial charge in [-0.15, -0.1) is 0 Å². The number of fused-ring (bicyclic) bond motifs is 1. The molecule has 2 heterocycles. The van der Waals surface area contributed by atoms with Gasteiger partial charge < -0.3 is 19.7 Å². The van der Waals surface area contributed by atoms with Gasteiger partial charge in [0.2, 0.25) is 0 Å². The minimum absolute atomic E-state index is 0.00567. The van der Waals surface area contributed by atoms with Crippen LogP contribution in [-0.2, 0) is 14.3 Å². The number of ether oxygens (including phenoxy) is 1. The van der Waals surface area contributed by atoms with Gasteiger partial charge >= 0.3 is 0 Å². The Hall–Kier alpha value is -2.90. The van der Waals surface area contributed by atoms with Gasteiger partial charge in [0, 0.05) is 39.2 Å². The van der Waals surface area contributed by atoms with E-state index in [4.69, 9.17) is 4.74 Å². The van der Waals surface area contributed by atoms with E-state index in [1.807, 2.05) is 38.1 Å². The van der Waals surface area contributed by atoms with Crippen LogP contribution in [0.5, 0.6) is 0 Å². The lowest BCUT2D eigenvalue weighted by atomic mass is 9.95. The number of Topliss-reactive ketones (excluding diaryl/α,β-unsaturated/α-hetero) is 1. The molecule has 160 valence electrons. The third-order valence-corrected chi connectivity index (χ3v) is 5.89. The molecule has 0 radical (unpaired) electrons. The van der Waals surface area contributed by atoms with Crippen molar-refractivity contribution in [3.05, 3.63) is 75.9 Å². The smallest absolute Gasteiger partial charge is 0.295 e. The number of ketones is 1. The van der Waals surface area contributed by atoms with E-state index in [9.17, 15) is 14.7 Å². The van der Waals surface area contributed by atoms with Crippen molar-refractivity contribution in [1.29, 1.82) is 0 Å². The quantitative estimate of drug-likeness (QED) is 0.301. The molecule has 1 fully saturated rings. The molecule has 0 spiro atoms. The van der Waals surface area contributed by atoms with Crippen molar-refractivity contribution in [2.45, 2.75) is 26.0 Å². The van der Waals surface area contributed by atoms with Crippen molar-refractivity contribution < 1.29 is 19.4 Å². The van der Waals surface area contributed by atoms with Crippen LogP contribution in [0.2, 0.25) is 0 Å². The zero-order valence-corrected chi connectivity index (χ0v) is 18.8. The predicted octanol–water partition coefficient (Wildman–Crippen LogP) is 4.78. The first kappa shape index (κ1) is 21.3. The van der Waals surface area contributed by atoms with E-state index in [-0.39, 0.29) is 24.0 Å². The summed E-state index contributed by atoms with van der Waals surface area (Å²) in [4.78, 5) is 30.7. The summed E-state index contributed by atoms with van der Waals surface area (Å²) >= 11 is 3.37. The summed E-state index contributed by atoms with van der Waals surface area (Å²) in [5.41, 5.74) is 2.22. The molecule has 1 amide bonds. The number of likely N-dealkylation sites (tertiary alicyclic amines) is 1. The van der Waals surface area contributed by atoms with Gasteiger partial charge in [0.05, 0.1) is 24.3 Å². The number of halogens is 1. The van der Waals surface area contributed by atoms with Crippen LogP contribution in [0.25, 0.3) is 16.7 Å². The lowest BCUT2D eigenvalue weighted by molar-refractivity contribution is -0.140. The summed E-state index contributed by atoms with van der Waals surface area (Å²) in [6.07, 6.45) is 1.80. The highest BCUT2D eigenvalue weighted by atomic mass is 79.9. The summed E-state index contributed by atoms with van der Waals surface area (Å²) in [6, 6.07) is 14.0. The molecule has 7 heteroatoms. The first-order valence-corrected chi connectivity index (χ1v) is 10.9. The number of carbonyl (C=O) groups excluding carboxylic acids is 2. The molecular formula is C24H23BrN2O4. The van der Waals surface area contributed by atoms with Gasteiger partial charge in [0.1, 0.15) is 5.76 Å². The second-order valence-electron chi connectivity index (χ2n) is 7.71. The molecule has 3 aromatic rings. The Labute approximate surface area is 188 Å². The summed E-state index contributed by atoms with van der Waals surface area (Å²) in [6.45, 7) is 4.36. The van der Waals surface area contributed by atoms with E-state index in [0.717, 1.165) is 20.9 Å². The van der Waals surface area contributed by atoms with Crippen molar-refractivity contribution in [3.8, 4) is 0 Å². The fourth-order valence-corrected chi connectivity index (χ4v) is 4.17. The summed E-state index contributed by atoms with van der Waals surface area (Å²) in [5, 5.41) is 12.0. The normalized spacial score (nSPS) is 18.5. The Morgan fingerprint density at radius 1 is 1.16 bits per heavy atom. The second kappa shape index (κ2) is 8.69. The van der Waals surface area contributed by atoms with Gasteiger partial charge in [-0.1, -0.05) is 46.3 Å². The third kappa shape index (κ3) is 4.03. The highest BCUT2D eigenvalue weighted by Gasteiger charge is 2.46. The van der Waals surface area contributed by atoms with Crippen LogP contribution in [0.3, 0.4) is 0 Å². The first-order valence-electron chi connectivity index (χ1n) is 10.1. The number of aromatic nitrogens is 1. The number of nitrogens with one attached hydrogen (secondary N) is 1. The number of hydrogen-bond acceptors (Lipinski definition) is 4. The molecule has 1 unspecified atom stereocenters. The maximum Gasteiger partial charge on any atom is 0.295 e. The molecule has 31 heavy (non-hydrogen) atoms. The Morgan fingerprint density at radius 3 is 2.58 bits per heavy atom. The number of nitrogens with zero attached hydrogens (tertiary/aromatic N) is 1. The number of aromatic amines is 1. The van der Waals surface area contributed by atoms with Gasteiger partial charge in [-0.25, -0.2) is 0 Å². The van der Waals surface area contributed by atoms with Crippen LogP contribution < -0.4 is 0 Å². The Balaban J connectivity index is 1.85. The van der Waals surface area contributed by atoms with E-state index >= 15 is 0 Å². The summed E-state index contributed by atoms with van der Waals surface area (Å²) in [7, 11) is 0. The van der Waals surface area contributed by atoms with Crippen molar-refractivity contribution in [3.63, 3.8) is 0 Å². The molecule has 0 saturated carbocycles. The lowest BCUT2D eigenvalue weighted by Crippen LogP contribution is -2.33. The molecule has 2 aromatic carbocycles. The Bertz CT molecular complexity index is 1160. The highest BCUT2D eigenvalue weighted by Crippen LogP contribution is 2.41. The fraction of sp³-hybridized carbons (Fsp3) is 0.250. The van der Waals surface area contributed by atoms with Crippen LogP contribution in [0.4, 0.5) is 0 Å². The van der Waals surface area contributed by atoms with Gasteiger partial charge in [-0.2, -0.15) is 0 Å². The number of benzene rings is 2. The van der Waals surface area contributed by atoms with Gasteiger partial charge in [0.25, 0.3) is 11.7 Å². The number of para-hydroxylation sites is 1. The van der Waals surface area contributed by atoms with Crippen LogP contribution >= 0.6 is 15.9 Å². The number of aliphatic hydroxyl groups is 1. The zero-order valence-electron chi connectivity index (χ0n) is 17.3. The van der Waals surface area contributed by atoms with E-state index in [0.29, 0.717) is 12.2 Å². The minimum Gasteiger partial charge on any atom is -0.507 e. The van der Waals surface area contributed by atoms with Crippen molar-refractivity contribution in [2.75, 3.05) is 13.2 Å². The van der Waals surface area contributed by atoms with Crippen molar-refractivity contribution in [1.82, 2.24) is 9.88 Å². The molecule has 1 aliphatic heterocycles. The first-order chi connectivity index (χ1) is 14.9. The van der Waals surface area contributed by atoms with Crippen LogP contribution in [0.15, 0.2) is 64.8 Å². The Morgan fingerprint density at radius 2 is 1.87 bits per heavy atom. The van der Waals surface area contributed by atoms with E-state index in [2.05, 4.69) is 20.9 Å². The monoisotopic (exact) mass is 482 g/mol. The average Bonchev–Trinajstić information content (AvgIpc) is 3.28. The summed E-state index contributed by atoms with van der Waals surface area (Å²) in [5.74, 6) is -1.52. The molecule has 1 saturated heterocycles. The lowest BCUT2D eigenvalue weighted by Gasteiger charge is -2.25. The fourth-order valence-electron chi connectivity index (χ4n) is 3.90. The standard InChI is InChI=1S/C24H23BrN2O4/c1-14(2)31-12-11-27-21(18-13-26-19-6-4-3-5-17(18)19)20(23(29)24(27)30)22(28)15-7-9-16(25)10-8-15/h3-10,13-14,21,26,28H,11-12H2,1-2H3/b22-20+. The Kier molecular flexibility index (Phi) is 5.98. The zero-order chi connectivity index (χ0) is 22.1. The number of rotatable bonds is 6. The molecule has 1 aliphatic rings. The van der Waals surface area contributed by atoms with Crippen LogP contribution in [0, 0.1) is 0 Å². The highest BCUT2D eigenvalue weighted by molar-refractivity contribution is 9.10. The van der Waals surface area contributed by atoms with Gasteiger partial charge in [-0.3, -0.25) is 9.59 Å². The molecule has 0 aliphatic carbocycles. The topological polar surface area (TPSA) is 82.6 Å². The van der Waals surface area contributed by atoms with Crippen LogP contribution in [0.1, 0.15) is 31.0 Å². The number of hydrogen-bond donors (Lipinski definition) is 2. The van der Waals surface area contributed by atoms with Crippen molar-refractivity contribution >= 4 is 44.3 Å². The second-order valence-corrected chi connectivity index (χ2v) is 8.62. The van der Waals surface area contributed by atoms with Crippen LogP contribution in [-0.4, -0.2) is 45.9 Å². The molecule has 0 bridgehead atoms. The molecule has 1 aromatic heterocycles. The summed E-state index contributed by atoms with van der Waals surface area (Å²) < 4.78 is 6.49. The number of amides is 1. The SMILES string of the molecule is CC(C)OCCN1C(=O)C(=O)/C(=C(/O)c2ccc(Br)cc2)C1c1c[nH]c2ccccc12. The number of H-pyrrole nitrogens is 1. The predicted molar refractivity (Wildman–Crippen MR) is 123 cm³/mol. The maximum absolute atomic E-state index is 13.1. The van der Waals surface area contributed by atoms with E-state index < -0.39 is 17.7 Å². The molecule has 1 atom stereocenters. The molecule has 2 N–H and O–H groups in total. The maximum atomic E-state index is 13.1. The largest absolute Gasteiger partial charge is 0.507 e. The molecule has 4 rings (SSSR count). The molecular weight excluding hydrogens is 460 g/mol. The molecule has 6 nitrogen and oxygen atoms in total. The van der Waals surface area contributed by atoms with Gasteiger partial charge in [-0.05, 0) is 32.0 Å². The average molecular weight is 483 g/mol. The van der Waals surface area contributed by atoms with E-state index in [1.54, 1.807) is 30.5 Å². The number of aliphatic hydroxyl groups excluding tert-OH is 1. The van der Waals surface area contributed by atoms with Gasteiger partial charge in [0.15, 0.2) is 0 Å². The number of carbonyl (C=O) groups is 2. The van der Waals surface area contributed by atoms with E-state index in [1.165, 1.54) is 4.90 Å². The van der Waals surface area contributed by atoms with Crippen molar-refractivity contribution in [2.24, 2.45) is 0 Å². The third-order valence-electron chi connectivity index (χ3n) is 5.36.